The third-order valence-corrected chi connectivity index (χ3v) is 2.86. The molecule has 5 heteroatoms. The van der Waals surface area contributed by atoms with E-state index in [4.69, 9.17) is 4.74 Å². The molecule has 0 aliphatic carbocycles. The summed E-state index contributed by atoms with van der Waals surface area (Å²) in [5.41, 5.74) is 3.37. The van der Waals surface area contributed by atoms with Crippen LogP contribution in [0.1, 0.15) is 17.2 Å². The lowest BCUT2D eigenvalue weighted by atomic mass is 10.1. The maximum Gasteiger partial charge on any atom is 0.273 e. The Labute approximate surface area is 122 Å². The molecule has 4 nitrogen and oxygen atoms in total. The van der Waals surface area contributed by atoms with Crippen LogP contribution >= 0.6 is 0 Å². The van der Waals surface area contributed by atoms with E-state index >= 15 is 0 Å². The summed E-state index contributed by atoms with van der Waals surface area (Å²) in [5.74, 6) is -0.821. The summed E-state index contributed by atoms with van der Waals surface area (Å²) in [6.45, 7) is 0. The summed E-state index contributed by atoms with van der Waals surface area (Å²) in [7, 11) is 1.44. The second kappa shape index (κ2) is 7.31. The van der Waals surface area contributed by atoms with Crippen LogP contribution < -0.4 is 5.43 Å². The Balaban J connectivity index is 2.02. The van der Waals surface area contributed by atoms with Crippen LogP contribution in [0.25, 0.3) is 0 Å². The minimum atomic E-state index is -0.760. The van der Waals surface area contributed by atoms with Gasteiger partial charge >= 0.3 is 0 Å². The Morgan fingerprint density at radius 1 is 1.19 bits per heavy atom. The number of rotatable bonds is 5. The van der Waals surface area contributed by atoms with Crippen LogP contribution in [0.4, 0.5) is 4.39 Å². The van der Waals surface area contributed by atoms with Crippen molar-refractivity contribution in [2.24, 2.45) is 5.10 Å². The van der Waals surface area contributed by atoms with Crippen molar-refractivity contribution in [2.45, 2.75) is 6.10 Å². The van der Waals surface area contributed by atoms with Gasteiger partial charge in [-0.2, -0.15) is 5.10 Å². The fourth-order valence-electron chi connectivity index (χ4n) is 1.83. The Kier molecular flexibility index (Phi) is 5.17. The molecule has 0 aliphatic heterocycles. The standard InChI is InChI=1S/C16H15FN2O2/c1-21-15(12-7-3-2-4-8-12)16(20)19-18-11-13-9-5-6-10-14(13)17/h2-11,15H,1H3,(H,19,20)/b18-11-/t15-/m0/s1. The zero-order chi connectivity index (χ0) is 15.1. The molecule has 1 amide bonds. The molecule has 0 aromatic heterocycles. The molecule has 0 bridgehead atoms. The molecule has 108 valence electrons. The molecule has 0 spiro atoms. The van der Waals surface area contributed by atoms with Gasteiger partial charge in [-0.15, -0.1) is 0 Å². The van der Waals surface area contributed by atoms with Crippen LogP contribution in [0.15, 0.2) is 59.7 Å². The van der Waals surface area contributed by atoms with Gasteiger partial charge in [0.05, 0.1) is 6.21 Å². The van der Waals surface area contributed by atoms with Gasteiger partial charge in [0, 0.05) is 12.7 Å². The lowest BCUT2D eigenvalue weighted by Crippen LogP contribution is -2.26. The third-order valence-electron chi connectivity index (χ3n) is 2.86. The quantitative estimate of drug-likeness (QED) is 0.678. The monoisotopic (exact) mass is 286 g/mol. The van der Waals surface area contributed by atoms with E-state index in [2.05, 4.69) is 10.5 Å². The molecular weight excluding hydrogens is 271 g/mol. The van der Waals surface area contributed by atoms with Crippen molar-refractivity contribution >= 4 is 12.1 Å². The van der Waals surface area contributed by atoms with Crippen molar-refractivity contribution in [1.29, 1.82) is 0 Å². The number of hydrogen-bond donors (Lipinski definition) is 1. The largest absolute Gasteiger partial charge is 0.367 e. The fraction of sp³-hybridized carbons (Fsp3) is 0.125. The zero-order valence-corrected chi connectivity index (χ0v) is 11.5. The molecule has 1 N–H and O–H groups in total. The van der Waals surface area contributed by atoms with Crippen molar-refractivity contribution in [3.63, 3.8) is 0 Å². The van der Waals surface area contributed by atoms with Gasteiger partial charge < -0.3 is 4.74 Å². The molecule has 21 heavy (non-hydrogen) atoms. The first-order valence-corrected chi connectivity index (χ1v) is 6.37. The second-order valence-corrected chi connectivity index (χ2v) is 4.28. The van der Waals surface area contributed by atoms with Crippen LogP contribution in [0, 0.1) is 5.82 Å². The summed E-state index contributed by atoms with van der Waals surface area (Å²) >= 11 is 0. The van der Waals surface area contributed by atoms with Crippen molar-refractivity contribution in [3.8, 4) is 0 Å². The number of carbonyl (C=O) groups is 1. The molecule has 0 saturated heterocycles. The molecular formula is C16H15FN2O2. The number of nitrogens with one attached hydrogen (secondary N) is 1. The van der Waals surface area contributed by atoms with E-state index in [9.17, 15) is 9.18 Å². The molecule has 0 fully saturated rings. The van der Waals surface area contributed by atoms with Gasteiger partial charge in [-0.1, -0.05) is 48.5 Å². The lowest BCUT2D eigenvalue weighted by Gasteiger charge is -2.13. The molecule has 0 aliphatic rings. The number of halogens is 1. The minimum Gasteiger partial charge on any atom is -0.367 e. The predicted octanol–water partition coefficient (Wildman–Crippen LogP) is 2.66. The summed E-state index contributed by atoms with van der Waals surface area (Å²) in [5, 5.41) is 3.75. The highest BCUT2D eigenvalue weighted by molar-refractivity contribution is 5.85. The van der Waals surface area contributed by atoms with Crippen molar-refractivity contribution < 1.29 is 13.9 Å². The topological polar surface area (TPSA) is 50.7 Å². The number of benzene rings is 2. The van der Waals surface area contributed by atoms with E-state index < -0.39 is 17.8 Å². The summed E-state index contributed by atoms with van der Waals surface area (Å²) in [4.78, 5) is 12.0. The van der Waals surface area contributed by atoms with Gasteiger partial charge in [0.15, 0.2) is 6.10 Å². The third kappa shape index (κ3) is 3.97. The fourth-order valence-corrected chi connectivity index (χ4v) is 1.83. The normalized spacial score (nSPS) is 12.3. The molecule has 0 radical (unpaired) electrons. The van der Waals surface area contributed by atoms with Crippen LogP contribution in [0.5, 0.6) is 0 Å². The maximum atomic E-state index is 13.4. The van der Waals surface area contributed by atoms with Gasteiger partial charge in [-0.05, 0) is 11.6 Å². The van der Waals surface area contributed by atoms with Gasteiger partial charge in [0.1, 0.15) is 5.82 Å². The van der Waals surface area contributed by atoms with Crippen LogP contribution in [-0.4, -0.2) is 19.2 Å². The van der Waals surface area contributed by atoms with Gasteiger partial charge in [0.25, 0.3) is 5.91 Å². The van der Waals surface area contributed by atoms with E-state index in [0.29, 0.717) is 5.56 Å². The van der Waals surface area contributed by atoms with Crippen molar-refractivity contribution in [1.82, 2.24) is 5.43 Å². The van der Waals surface area contributed by atoms with E-state index in [1.54, 1.807) is 30.3 Å². The van der Waals surface area contributed by atoms with Crippen LogP contribution in [-0.2, 0) is 9.53 Å². The first kappa shape index (κ1) is 14.9. The van der Waals surface area contributed by atoms with Crippen LogP contribution in [0.3, 0.4) is 0 Å². The molecule has 2 rings (SSSR count). The minimum absolute atomic E-state index is 0.298. The Morgan fingerprint density at radius 2 is 1.86 bits per heavy atom. The first-order chi connectivity index (χ1) is 10.2. The highest BCUT2D eigenvalue weighted by atomic mass is 19.1. The average Bonchev–Trinajstić information content (AvgIpc) is 2.51. The average molecular weight is 286 g/mol. The second-order valence-electron chi connectivity index (χ2n) is 4.28. The molecule has 1 atom stereocenters. The summed E-state index contributed by atoms with van der Waals surface area (Å²) < 4.78 is 18.5. The van der Waals surface area contributed by atoms with E-state index in [1.807, 2.05) is 18.2 Å². The van der Waals surface area contributed by atoms with Gasteiger partial charge in [-0.3, -0.25) is 4.79 Å². The van der Waals surface area contributed by atoms with Crippen molar-refractivity contribution in [3.05, 3.63) is 71.5 Å². The van der Waals surface area contributed by atoms with E-state index in [1.165, 1.54) is 19.4 Å². The number of hydrazone groups is 1. The van der Waals surface area contributed by atoms with Crippen LogP contribution in [0.2, 0.25) is 0 Å². The predicted molar refractivity (Wildman–Crippen MR) is 78.3 cm³/mol. The van der Waals surface area contributed by atoms with E-state index in [-0.39, 0.29) is 0 Å². The Bertz CT molecular complexity index is 629. The molecule has 2 aromatic rings. The Morgan fingerprint density at radius 3 is 2.52 bits per heavy atom. The lowest BCUT2D eigenvalue weighted by molar-refractivity contribution is -0.131. The summed E-state index contributed by atoms with van der Waals surface area (Å²) in [6, 6.07) is 15.2. The molecule has 0 saturated carbocycles. The first-order valence-electron chi connectivity index (χ1n) is 6.37. The number of hydrogen-bond acceptors (Lipinski definition) is 3. The Hall–Kier alpha value is -2.53. The van der Waals surface area contributed by atoms with Gasteiger partial charge in [-0.25, -0.2) is 9.82 Å². The molecule has 0 unspecified atom stereocenters. The number of amides is 1. The molecule has 2 aromatic carbocycles. The number of carbonyl (C=O) groups excluding carboxylic acids is 1. The zero-order valence-electron chi connectivity index (χ0n) is 11.5. The highest BCUT2D eigenvalue weighted by Crippen LogP contribution is 2.15. The summed E-state index contributed by atoms with van der Waals surface area (Å²) in [6.07, 6.45) is 0.495. The van der Waals surface area contributed by atoms with Crippen molar-refractivity contribution in [2.75, 3.05) is 7.11 Å². The number of methoxy groups -OCH3 is 1. The smallest absolute Gasteiger partial charge is 0.273 e. The van der Waals surface area contributed by atoms with E-state index in [0.717, 1.165) is 5.56 Å². The highest BCUT2D eigenvalue weighted by Gasteiger charge is 2.19. The van der Waals surface area contributed by atoms with Gasteiger partial charge in [0.2, 0.25) is 0 Å². The maximum absolute atomic E-state index is 13.4. The number of nitrogens with zero attached hydrogens (tertiary/aromatic N) is 1. The molecule has 0 heterocycles. The SMILES string of the molecule is CO[C@H](C(=O)N/N=C\c1ccccc1F)c1ccccc1. The number of ether oxygens (including phenoxy) is 1.